The average Bonchev–Trinajstić information content (AvgIpc) is 2.37. The molecule has 2 rings (SSSR count). The van der Waals surface area contributed by atoms with Crippen molar-refractivity contribution in [2.45, 2.75) is 11.1 Å². The van der Waals surface area contributed by atoms with Crippen LogP contribution in [0.1, 0.15) is 5.56 Å². The van der Waals surface area contributed by atoms with Gasteiger partial charge in [0.05, 0.1) is 21.3 Å². The van der Waals surface area contributed by atoms with Crippen LogP contribution in [-0.2, 0) is 6.18 Å². The van der Waals surface area contributed by atoms with Gasteiger partial charge in [0, 0.05) is 16.7 Å². The van der Waals surface area contributed by atoms with E-state index in [2.05, 4.69) is 4.98 Å². The summed E-state index contributed by atoms with van der Waals surface area (Å²) in [5, 5.41) is -0.150. The Kier molecular flexibility index (Phi) is 4.52. The smallest absolute Gasteiger partial charge is 0.255 e. The third-order valence-electron chi connectivity index (χ3n) is 2.60. The van der Waals surface area contributed by atoms with Crippen LogP contribution in [0.4, 0.5) is 13.2 Å². The summed E-state index contributed by atoms with van der Waals surface area (Å²) >= 11 is 13.3. The van der Waals surface area contributed by atoms with Crippen molar-refractivity contribution in [1.29, 1.82) is 0 Å². The highest BCUT2D eigenvalue weighted by molar-refractivity contribution is 7.98. The van der Waals surface area contributed by atoms with Crippen molar-refractivity contribution in [2.75, 3.05) is 6.26 Å². The highest BCUT2D eigenvalue weighted by Crippen LogP contribution is 2.40. The molecule has 0 radical (unpaired) electrons. The van der Waals surface area contributed by atoms with Crippen molar-refractivity contribution in [1.82, 2.24) is 4.98 Å². The summed E-state index contributed by atoms with van der Waals surface area (Å²) in [6, 6.07) is 5.18. The van der Waals surface area contributed by atoms with E-state index < -0.39 is 11.7 Å². The lowest BCUT2D eigenvalue weighted by atomic mass is 10.1. The van der Waals surface area contributed by atoms with Gasteiger partial charge < -0.3 is 0 Å². The summed E-state index contributed by atoms with van der Waals surface area (Å²) in [5.41, 5.74) is -0.141. The van der Waals surface area contributed by atoms with E-state index in [0.29, 0.717) is 11.3 Å². The number of pyridine rings is 1. The van der Waals surface area contributed by atoms with Gasteiger partial charge in [0.1, 0.15) is 0 Å². The van der Waals surface area contributed by atoms with Crippen LogP contribution in [0, 0.1) is 0 Å². The fourth-order valence-corrected chi connectivity index (χ4v) is 2.67. The molecule has 1 nitrogen and oxygen atoms in total. The third-order valence-corrected chi connectivity index (χ3v) is 3.91. The minimum absolute atomic E-state index is 0.0748. The van der Waals surface area contributed by atoms with Crippen LogP contribution >= 0.6 is 35.0 Å². The van der Waals surface area contributed by atoms with E-state index in [1.807, 2.05) is 6.26 Å². The summed E-state index contributed by atoms with van der Waals surface area (Å²) in [6.07, 6.45) is -0.971. The standard InChI is InChI=1S/C13H8Cl2F3NS/c1-20-8-2-3-11(19-6-8)12-9(14)4-7(5-10(12)15)13(16,17)18/h2-6H,1H3. The molecule has 0 aliphatic heterocycles. The highest BCUT2D eigenvalue weighted by Gasteiger charge is 2.32. The molecule has 0 bridgehead atoms. The highest BCUT2D eigenvalue weighted by atomic mass is 35.5. The van der Waals surface area contributed by atoms with Crippen LogP contribution < -0.4 is 0 Å². The monoisotopic (exact) mass is 337 g/mol. The quantitative estimate of drug-likeness (QED) is 0.642. The van der Waals surface area contributed by atoms with E-state index in [9.17, 15) is 13.2 Å². The summed E-state index contributed by atoms with van der Waals surface area (Å²) < 4.78 is 37.9. The van der Waals surface area contributed by atoms with Gasteiger partial charge >= 0.3 is 6.18 Å². The van der Waals surface area contributed by atoms with Crippen LogP contribution in [0.3, 0.4) is 0 Å². The minimum atomic E-state index is -4.48. The Bertz CT molecular complexity index is 603. The Labute approximate surface area is 128 Å². The van der Waals surface area contributed by atoms with Crippen LogP contribution in [0.15, 0.2) is 35.4 Å². The predicted octanol–water partition coefficient (Wildman–Crippen LogP) is 5.80. The van der Waals surface area contributed by atoms with Crippen LogP contribution in [-0.4, -0.2) is 11.2 Å². The molecular weight excluding hydrogens is 330 g/mol. The van der Waals surface area contributed by atoms with Gasteiger partial charge in [-0.15, -0.1) is 11.8 Å². The molecule has 0 N–H and O–H groups in total. The van der Waals surface area contributed by atoms with Crippen LogP contribution in [0.25, 0.3) is 11.3 Å². The molecule has 0 fully saturated rings. The number of hydrogen-bond donors (Lipinski definition) is 0. The van der Waals surface area contributed by atoms with Gasteiger partial charge in [-0.1, -0.05) is 23.2 Å². The number of hydrogen-bond acceptors (Lipinski definition) is 2. The summed E-state index contributed by atoms with van der Waals surface area (Å²) in [5.74, 6) is 0. The molecule has 0 saturated carbocycles. The Morgan fingerprint density at radius 3 is 2.10 bits per heavy atom. The molecule has 7 heteroatoms. The van der Waals surface area contributed by atoms with Crippen molar-refractivity contribution >= 4 is 35.0 Å². The number of aromatic nitrogens is 1. The molecule has 106 valence electrons. The lowest BCUT2D eigenvalue weighted by molar-refractivity contribution is -0.137. The zero-order valence-electron chi connectivity index (χ0n) is 10.1. The molecule has 2 aromatic rings. The summed E-state index contributed by atoms with van der Waals surface area (Å²) in [7, 11) is 0. The molecule has 1 aromatic carbocycles. The van der Waals surface area contributed by atoms with E-state index in [1.54, 1.807) is 18.3 Å². The Hall–Kier alpha value is -0.910. The maximum absolute atomic E-state index is 12.6. The SMILES string of the molecule is CSc1ccc(-c2c(Cl)cc(C(F)(F)F)cc2Cl)nc1. The normalized spacial score (nSPS) is 11.7. The second kappa shape index (κ2) is 5.84. The Morgan fingerprint density at radius 2 is 1.70 bits per heavy atom. The zero-order valence-corrected chi connectivity index (χ0v) is 12.5. The molecule has 1 aromatic heterocycles. The number of benzene rings is 1. The molecule has 0 amide bonds. The Balaban J connectivity index is 2.52. The first kappa shape index (κ1) is 15.5. The van der Waals surface area contributed by atoms with E-state index in [0.717, 1.165) is 17.0 Å². The van der Waals surface area contributed by atoms with Gasteiger partial charge in [0.15, 0.2) is 0 Å². The first-order valence-corrected chi connectivity index (χ1v) is 7.37. The van der Waals surface area contributed by atoms with Crippen molar-refractivity contribution in [3.05, 3.63) is 46.1 Å². The maximum Gasteiger partial charge on any atom is 0.416 e. The van der Waals surface area contributed by atoms with E-state index in [4.69, 9.17) is 23.2 Å². The van der Waals surface area contributed by atoms with Gasteiger partial charge in [-0.2, -0.15) is 13.2 Å². The van der Waals surface area contributed by atoms with Gasteiger partial charge in [0.2, 0.25) is 0 Å². The molecule has 0 unspecified atom stereocenters. The van der Waals surface area contributed by atoms with Crippen molar-refractivity contribution in [2.24, 2.45) is 0 Å². The molecule has 0 aliphatic rings. The average molecular weight is 338 g/mol. The molecule has 0 aliphatic carbocycles. The fourth-order valence-electron chi connectivity index (χ4n) is 1.63. The van der Waals surface area contributed by atoms with E-state index in [-0.39, 0.29) is 10.0 Å². The maximum atomic E-state index is 12.6. The van der Waals surface area contributed by atoms with Crippen LogP contribution in [0.2, 0.25) is 10.0 Å². The number of nitrogens with zero attached hydrogens (tertiary/aromatic N) is 1. The lowest BCUT2D eigenvalue weighted by Crippen LogP contribution is -2.05. The molecule has 0 saturated heterocycles. The van der Waals surface area contributed by atoms with Crippen LogP contribution in [0.5, 0.6) is 0 Å². The first-order chi connectivity index (χ1) is 9.32. The van der Waals surface area contributed by atoms with E-state index >= 15 is 0 Å². The summed E-state index contributed by atoms with van der Waals surface area (Å²) in [6.45, 7) is 0. The molecule has 0 spiro atoms. The van der Waals surface area contributed by atoms with Gasteiger partial charge in [-0.05, 0) is 30.5 Å². The second-order valence-electron chi connectivity index (χ2n) is 3.90. The molecule has 0 atom stereocenters. The fraction of sp³-hybridized carbons (Fsp3) is 0.154. The topological polar surface area (TPSA) is 12.9 Å². The third kappa shape index (κ3) is 3.22. The van der Waals surface area contributed by atoms with E-state index in [1.165, 1.54) is 11.8 Å². The van der Waals surface area contributed by atoms with Gasteiger partial charge in [-0.25, -0.2) is 0 Å². The number of alkyl halides is 3. The minimum Gasteiger partial charge on any atom is -0.255 e. The van der Waals surface area contributed by atoms with Gasteiger partial charge in [0.25, 0.3) is 0 Å². The van der Waals surface area contributed by atoms with Crippen molar-refractivity contribution < 1.29 is 13.2 Å². The lowest BCUT2D eigenvalue weighted by Gasteiger charge is -2.12. The predicted molar refractivity (Wildman–Crippen MR) is 76.5 cm³/mol. The summed E-state index contributed by atoms with van der Waals surface area (Å²) in [4.78, 5) is 5.10. The number of thioether (sulfide) groups is 1. The molecule has 1 heterocycles. The second-order valence-corrected chi connectivity index (χ2v) is 5.59. The number of rotatable bonds is 2. The Morgan fingerprint density at radius 1 is 1.10 bits per heavy atom. The molecular formula is C13H8Cl2F3NS. The molecule has 20 heavy (non-hydrogen) atoms. The zero-order chi connectivity index (χ0) is 14.9. The first-order valence-electron chi connectivity index (χ1n) is 5.39. The number of halogens is 5. The largest absolute Gasteiger partial charge is 0.416 e. The van der Waals surface area contributed by atoms with Crippen molar-refractivity contribution in [3.63, 3.8) is 0 Å². The van der Waals surface area contributed by atoms with Gasteiger partial charge in [-0.3, -0.25) is 4.98 Å². The van der Waals surface area contributed by atoms with Crippen molar-refractivity contribution in [3.8, 4) is 11.3 Å².